The summed E-state index contributed by atoms with van der Waals surface area (Å²) in [6.45, 7) is 2.91. The summed E-state index contributed by atoms with van der Waals surface area (Å²) in [6.07, 6.45) is 2.85. The molecule has 0 radical (unpaired) electrons. The number of anilines is 2. The minimum atomic E-state index is -1.18. The Morgan fingerprint density at radius 2 is 1.76 bits per heavy atom. The molecule has 8 rings (SSSR count). The van der Waals surface area contributed by atoms with Crippen molar-refractivity contribution in [2.24, 2.45) is 0 Å². The SMILES string of the molecule is O=C(O)c1cc(F)c(-c2cccc3c2OCN(C(=O)c2c(Cl)cc(N4CC5CC4CN5)cc2Cl)C3)cc1N1C2CCC1COC2. The van der Waals surface area contributed by atoms with E-state index >= 15 is 4.39 Å². The smallest absolute Gasteiger partial charge is 0.337 e. The average molecular weight is 654 g/mol. The fourth-order valence-corrected chi connectivity index (χ4v) is 8.39. The molecule has 4 fully saturated rings. The van der Waals surface area contributed by atoms with Crippen LogP contribution in [0.25, 0.3) is 11.1 Å². The summed E-state index contributed by atoms with van der Waals surface area (Å²) in [6, 6.07) is 12.6. The van der Waals surface area contributed by atoms with Gasteiger partial charge in [0, 0.05) is 47.6 Å². The van der Waals surface area contributed by atoms with Crippen molar-refractivity contribution in [3.8, 4) is 16.9 Å². The largest absolute Gasteiger partial charge is 0.478 e. The van der Waals surface area contributed by atoms with Gasteiger partial charge in [-0.25, -0.2) is 9.18 Å². The summed E-state index contributed by atoms with van der Waals surface area (Å²) < 4.78 is 27.5. The minimum absolute atomic E-state index is 0.0378. The van der Waals surface area contributed by atoms with E-state index in [2.05, 4.69) is 15.1 Å². The van der Waals surface area contributed by atoms with Crippen LogP contribution in [0.1, 0.15) is 45.5 Å². The molecule has 9 nitrogen and oxygen atoms in total. The lowest BCUT2D eigenvalue weighted by Crippen LogP contribution is -2.46. The number of carbonyl (C=O) groups excluding carboxylic acids is 1. The summed E-state index contributed by atoms with van der Waals surface area (Å²) in [4.78, 5) is 31.8. The lowest BCUT2D eigenvalue weighted by molar-refractivity contribution is 0.0516. The second kappa shape index (κ2) is 11.0. The van der Waals surface area contributed by atoms with Gasteiger partial charge >= 0.3 is 5.97 Å². The van der Waals surface area contributed by atoms with Crippen molar-refractivity contribution in [3.63, 3.8) is 0 Å². The van der Waals surface area contributed by atoms with Crippen molar-refractivity contribution in [1.29, 1.82) is 0 Å². The molecule has 4 unspecified atom stereocenters. The molecular formula is C33H31Cl2FN4O5. The first-order chi connectivity index (χ1) is 21.8. The van der Waals surface area contributed by atoms with Gasteiger partial charge < -0.3 is 34.6 Å². The predicted octanol–water partition coefficient (Wildman–Crippen LogP) is 5.41. The highest BCUT2D eigenvalue weighted by Gasteiger charge is 2.40. The fraction of sp³-hybridized carbons (Fsp3) is 0.394. The monoisotopic (exact) mass is 652 g/mol. The third-order valence-electron chi connectivity index (χ3n) is 9.86. The number of carbonyl (C=O) groups is 2. The van der Waals surface area contributed by atoms with Gasteiger partial charge in [-0.1, -0.05) is 41.4 Å². The molecule has 4 bridgehead atoms. The molecule has 4 atom stereocenters. The highest BCUT2D eigenvalue weighted by atomic mass is 35.5. The number of ether oxygens (including phenoxy) is 2. The van der Waals surface area contributed by atoms with Crippen LogP contribution in [0.3, 0.4) is 0 Å². The number of nitrogens with zero attached hydrogens (tertiary/aromatic N) is 3. The lowest BCUT2D eigenvalue weighted by Gasteiger charge is -2.37. The summed E-state index contributed by atoms with van der Waals surface area (Å²) in [5.74, 6) is -1.76. The summed E-state index contributed by atoms with van der Waals surface area (Å²) in [5, 5.41) is 14.0. The van der Waals surface area contributed by atoms with Crippen LogP contribution in [0.5, 0.6) is 5.75 Å². The van der Waals surface area contributed by atoms with Crippen molar-refractivity contribution in [1.82, 2.24) is 10.2 Å². The van der Waals surface area contributed by atoms with Gasteiger partial charge in [-0.3, -0.25) is 4.79 Å². The molecular weight excluding hydrogens is 622 g/mol. The number of halogens is 3. The number of benzene rings is 3. The van der Waals surface area contributed by atoms with Gasteiger partial charge in [0.05, 0.1) is 58.7 Å². The molecule has 5 aliphatic rings. The van der Waals surface area contributed by atoms with Crippen molar-refractivity contribution in [2.45, 2.75) is 50.0 Å². The molecule has 4 saturated heterocycles. The Bertz CT molecular complexity index is 1700. The normalized spacial score (nSPS) is 25.0. The van der Waals surface area contributed by atoms with Crippen LogP contribution in [-0.2, 0) is 11.3 Å². The number of hydrogen-bond donors (Lipinski definition) is 2. The lowest BCUT2D eigenvalue weighted by atomic mass is 9.96. The number of hydrogen-bond acceptors (Lipinski definition) is 7. The van der Waals surface area contributed by atoms with Gasteiger partial charge in [-0.2, -0.15) is 0 Å². The van der Waals surface area contributed by atoms with E-state index in [0.717, 1.165) is 44.1 Å². The quantitative estimate of drug-likeness (QED) is 0.378. The van der Waals surface area contributed by atoms with E-state index in [4.69, 9.17) is 32.7 Å². The molecule has 45 heavy (non-hydrogen) atoms. The summed E-state index contributed by atoms with van der Waals surface area (Å²) in [5.41, 5.74) is 2.94. The van der Waals surface area contributed by atoms with Gasteiger partial charge in [0.1, 0.15) is 11.6 Å². The van der Waals surface area contributed by atoms with E-state index in [1.54, 1.807) is 30.3 Å². The average Bonchev–Trinajstić information content (AvgIpc) is 3.73. The maximum absolute atomic E-state index is 15.7. The Balaban J connectivity index is 1.09. The van der Waals surface area contributed by atoms with Crippen LogP contribution >= 0.6 is 23.2 Å². The first kappa shape index (κ1) is 28.9. The first-order valence-corrected chi connectivity index (χ1v) is 16.0. The molecule has 0 aromatic heterocycles. The highest BCUT2D eigenvalue weighted by molar-refractivity contribution is 6.40. The van der Waals surface area contributed by atoms with Gasteiger partial charge in [0.25, 0.3) is 5.91 Å². The number of carboxylic acids is 1. The minimum Gasteiger partial charge on any atom is -0.478 e. The number of nitrogens with one attached hydrogen (secondary N) is 1. The second-order valence-corrected chi connectivity index (χ2v) is 13.3. The van der Waals surface area contributed by atoms with Gasteiger partial charge in [-0.15, -0.1) is 0 Å². The topological polar surface area (TPSA) is 94.6 Å². The van der Waals surface area contributed by atoms with Crippen LogP contribution in [0.2, 0.25) is 10.0 Å². The second-order valence-electron chi connectivity index (χ2n) is 12.5. The van der Waals surface area contributed by atoms with E-state index in [1.807, 2.05) is 6.07 Å². The maximum atomic E-state index is 15.7. The Hall–Kier alpha value is -3.57. The molecule has 0 aliphatic carbocycles. The van der Waals surface area contributed by atoms with Crippen molar-refractivity contribution >= 4 is 46.5 Å². The third-order valence-corrected chi connectivity index (χ3v) is 10.5. The highest BCUT2D eigenvalue weighted by Crippen LogP contribution is 2.44. The number of aromatic carboxylic acids is 1. The summed E-state index contributed by atoms with van der Waals surface area (Å²) >= 11 is 13.4. The number of fused-ring (bicyclic) bond motifs is 5. The Labute approximate surface area is 269 Å². The zero-order chi connectivity index (χ0) is 31.0. The van der Waals surface area contributed by atoms with Crippen LogP contribution < -0.4 is 19.9 Å². The van der Waals surface area contributed by atoms with E-state index in [9.17, 15) is 14.7 Å². The Kier molecular flexibility index (Phi) is 7.09. The molecule has 0 spiro atoms. The van der Waals surface area contributed by atoms with E-state index in [0.29, 0.717) is 47.9 Å². The van der Waals surface area contributed by atoms with Gasteiger partial charge in [-0.05, 0) is 43.5 Å². The molecule has 3 aromatic carbocycles. The molecule has 0 saturated carbocycles. The molecule has 3 aromatic rings. The molecule has 234 valence electrons. The van der Waals surface area contributed by atoms with Crippen molar-refractivity contribution in [2.75, 3.05) is 42.8 Å². The summed E-state index contributed by atoms with van der Waals surface area (Å²) in [7, 11) is 0. The van der Waals surface area contributed by atoms with E-state index in [-0.39, 0.29) is 58.0 Å². The van der Waals surface area contributed by atoms with E-state index in [1.165, 1.54) is 4.90 Å². The van der Waals surface area contributed by atoms with Gasteiger partial charge in [0.2, 0.25) is 0 Å². The van der Waals surface area contributed by atoms with Crippen LogP contribution in [0.15, 0.2) is 42.5 Å². The number of amides is 1. The molecule has 1 amide bonds. The molecule has 12 heteroatoms. The van der Waals surface area contributed by atoms with Crippen molar-refractivity contribution < 1.29 is 28.6 Å². The molecule has 2 N–H and O–H groups in total. The predicted molar refractivity (Wildman–Crippen MR) is 168 cm³/mol. The zero-order valence-electron chi connectivity index (χ0n) is 24.3. The number of carboxylic acid groups (broad SMARTS) is 1. The van der Waals surface area contributed by atoms with Crippen LogP contribution in [0.4, 0.5) is 15.8 Å². The zero-order valence-corrected chi connectivity index (χ0v) is 25.8. The van der Waals surface area contributed by atoms with Gasteiger partial charge in [0.15, 0.2) is 6.73 Å². The van der Waals surface area contributed by atoms with Crippen molar-refractivity contribution in [3.05, 3.63) is 75.0 Å². The number of para-hydroxylation sites is 1. The first-order valence-electron chi connectivity index (χ1n) is 15.2. The maximum Gasteiger partial charge on any atom is 0.337 e. The van der Waals surface area contributed by atoms with Crippen LogP contribution in [0, 0.1) is 5.82 Å². The Morgan fingerprint density at radius 1 is 1.00 bits per heavy atom. The number of rotatable bonds is 5. The molecule has 5 heterocycles. The van der Waals surface area contributed by atoms with Crippen LogP contribution in [-0.4, -0.2) is 79.1 Å². The number of morpholine rings is 1. The number of piperazine rings is 1. The van der Waals surface area contributed by atoms with E-state index < -0.39 is 11.8 Å². The Morgan fingerprint density at radius 3 is 2.42 bits per heavy atom. The fourth-order valence-electron chi connectivity index (χ4n) is 7.76. The standard InChI is InChI=1S/C33H31Cl2FN4O5/c34-26-7-21(39-13-18-6-22(39)11-37-18)8-27(35)30(26)32(41)38-12-17-2-1-3-23(31(17)45-16-38)24-10-29(25(33(42)43)9-28(24)36)40-19-4-5-20(40)15-44-14-19/h1-3,7-10,18-20,22,37H,4-6,11-16H2,(H,42,43). The molecule has 5 aliphatic heterocycles. The third kappa shape index (κ3) is 4.81.